The van der Waals surface area contributed by atoms with Crippen molar-refractivity contribution in [2.75, 3.05) is 12.4 Å². The minimum Gasteiger partial charge on any atom is -0.357 e. The molecule has 1 aromatic heterocycles. The molecular formula is C10H9ClN6S. The molecule has 8 heteroatoms. The molecule has 0 saturated heterocycles. The van der Waals surface area contributed by atoms with Gasteiger partial charge >= 0.3 is 0 Å². The molecule has 0 bridgehead atoms. The van der Waals surface area contributed by atoms with E-state index in [1.54, 1.807) is 7.05 Å². The van der Waals surface area contributed by atoms with E-state index in [2.05, 4.69) is 31.7 Å². The third kappa shape index (κ3) is 2.55. The van der Waals surface area contributed by atoms with E-state index in [0.29, 0.717) is 16.6 Å². The van der Waals surface area contributed by atoms with Crippen LogP contribution in [0.25, 0.3) is 5.57 Å². The molecule has 18 heavy (non-hydrogen) atoms. The van der Waals surface area contributed by atoms with Crippen molar-refractivity contribution >= 4 is 34.9 Å². The first kappa shape index (κ1) is 12.7. The van der Waals surface area contributed by atoms with Gasteiger partial charge in [0.25, 0.3) is 0 Å². The average molecular weight is 281 g/mol. The molecule has 1 aliphatic heterocycles. The lowest BCUT2D eigenvalue weighted by atomic mass is 10.3. The van der Waals surface area contributed by atoms with E-state index < -0.39 is 0 Å². The van der Waals surface area contributed by atoms with Gasteiger partial charge in [0.05, 0.1) is 5.03 Å². The molecule has 92 valence electrons. The molecule has 0 fully saturated rings. The number of aromatic nitrogens is 3. The number of rotatable bonds is 2. The quantitative estimate of drug-likeness (QED) is 0.801. The highest BCUT2D eigenvalue weighted by Gasteiger charge is 2.17. The van der Waals surface area contributed by atoms with Gasteiger partial charge in [-0.3, -0.25) is 0 Å². The van der Waals surface area contributed by atoms with E-state index in [-0.39, 0.29) is 11.1 Å². The fourth-order valence-electron chi connectivity index (χ4n) is 1.28. The smallest absolute Gasteiger partial charge is 0.227 e. The first-order valence-electron chi connectivity index (χ1n) is 4.98. The summed E-state index contributed by atoms with van der Waals surface area (Å²) in [6, 6.07) is 2.08. The topological polar surface area (TPSA) is 86.5 Å². The third-order valence-corrected chi connectivity index (χ3v) is 3.24. The number of hydrogen-bond donors (Lipinski definition) is 2. The number of nitrogens with one attached hydrogen (secondary N) is 2. The number of anilines is 1. The zero-order chi connectivity index (χ0) is 13.1. The molecule has 1 aliphatic rings. The molecule has 2 heterocycles. The summed E-state index contributed by atoms with van der Waals surface area (Å²) in [5.74, 6) is 0.575. The van der Waals surface area contributed by atoms with Gasteiger partial charge in [-0.05, 0) is 23.9 Å². The van der Waals surface area contributed by atoms with Crippen LogP contribution < -0.4 is 10.6 Å². The molecular weight excluding hydrogens is 272 g/mol. The van der Waals surface area contributed by atoms with Gasteiger partial charge in [0, 0.05) is 12.7 Å². The summed E-state index contributed by atoms with van der Waals surface area (Å²) in [7, 11) is 1.67. The predicted octanol–water partition coefficient (Wildman–Crippen LogP) is 1.96. The van der Waals surface area contributed by atoms with Crippen molar-refractivity contribution in [3.8, 4) is 6.07 Å². The maximum absolute atomic E-state index is 9.23. The highest BCUT2D eigenvalue weighted by atomic mass is 35.5. The van der Waals surface area contributed by atoms with E-state index in [1.807, 2.05) is 12.3 Å². The summed E-state index contributed by atoms with van der Waals surface area (Å²) >= 11 is 7.21. The largest absolute Gasteiger partial charge is 0.357 e. The van der Waals surface area contributed by atoms with E-state index in [4.69, 9.17) is 11.6 Å². The molecule has 0 aromatic carbocycles. The number of halogens is 1. The molecule has 0 atom stereocenters. The minimum absolute atomic E-state index is 0.0466. The highest BCUT2D eigenvalue weighted by Crippen LogP contribution is 2.30. The lowest BCUT2D eigenvalue weighted by Gasteiger charge is -2.05. The van der Waals surface area contributed by atoms with Crippen molar-refractivity contribution in [2.24, 2.45) is 0 Å². The van der Waals surface area contributed by atoms with Crippen LogP contribution in [0, 0.1) is 11.3 Å². The van der Waals surface area contributed by atoms with E-state index >= 15 is 0 Å². The van der Waals surface area contributed by atoms with Gasteiger partial charge < -0.3 is 10.6 Å². The van der Waals surface area contributed by atoms with Crippen LogP contribution in [0.5, 0.6) is 0 Å². The summed E-state index contributed by atoms with van der Waals surface area (Å²) in [6.07, 6.45) is 0. The number of nitriles is 1. The van der Waals surface area contributed by atoms with Crippen molar-refractivity contribution in [1.82, 2.24) is 20.3 Å². The number of nitrogens with zero attached hydrogens (tertiary/aromatic N) is 4. The van der Waals surface area contributed by atoms with Crippen LogP contribution in [0.15, 0.2) is 16.1 Å². The first-order chi connectivity index (χ1) is 8.63. The van der Waals surface area contributed by atoms with E-state index in [0.717, 1.165) is 5.70 Å². The summed E-state index contributed by atoms with van der Waals surface area (Å²) in [4.78, 5) is 12.0. The molecule has 0 amide bonds. The molecule has 0 saturated carbocycles. The number of thioether (sulfide) groups is 1. The van der Waals surface area contributed by atoms with Crippen LogP contribution in [0.2, 0.25) is 5.28 Å². The van der Waals surface area contributed by atoms with Crippen molar-refractivity contribution in [3.63, 3.8) is 0 Å². The zero-order valence-corrected chi connectivity index (χ0v) is 11.2. The van der Waals surface area contributed by atoms with Crippen LogP contribution in [0.3, 0.4) is 0 Å². The second-order valence-corrected chi connectivity index (χ2v) is 4.58. The first-order valence-corrected chi connectivity index (χ1v) is 6.24. The monoisotopic (exact) mass is 280 g/mol. The molecule has 6 nitrogen and oxygen atoms in total. The second-order valence-electron chi connectivity index (χ2n) is 3.36. The maximum Gasteiger partial charge on any atom is 0.227 e. The second kappa shape index (κ2) is 5.25. The fraction of sp³-hybridized carbons (Fsp3) is 0.200. The Hall–Kier alpha value is -1.78. The highest BCUT2D eigenvalue weighted by molar-refractivity contribution is 8.06. The summed E-state index contributed by atoms with van der Waals surface area (Å²) < 4.78 is 0. The average Bonchev–Trinajstić information content (AvgIpc) is 2.76. The number of allylic oxidation sites excluding steroid dienone is 2. The standard InChI is InChI=1S/C10H9ClN6S/c1-5-4-18-8(14-5)6(3-12)7-15-9(11)17-10(13-2)16-7/h4,14H,1-2H3,(H,13,15,16,17)/b8-6-. The Labute approximate surface area is 113 Å². The third-order valence-electron chi connectivity index (χ3n) is 2.06. The van der Waals surface area contributed by atoms with E-state index in [1.165, 1.54) is 11.8 Å². The maximum atomic E-state index is 9.23. The van der Waals surface area contributed by atoms with Gasteiger partial charge in [0.2, 0.25) is 11.2 Å². The Kier molecular flexibility index (Phi) is 3.69. The normalized spacial score (nSPS) is 16.7. The van der Waals surface area contributed by atoms with Crippen molar-refractivity contribution in [2.45, 2.75) is 6.92 Å². The minimum atomic E-state index is 0.0466. The Morgan fingerprint density at radius 1 is 1.50 bits per heavy atom. The van der Waals surface area contributed by atoms with Gasteiger partial charge in [0.15, 0.2) is 5.82 Å². The molecule has 0 spiro atoms. The Bertz CT molecular complexity index is 589. The van der Waals surface area contributed by atoms with Crippen LogP contribution >= 0.6 is 23.4 Å². The molecule has 0 unspecified atom stereocenters. The van der Waals surface area contributed by atoms with Gasteiger partial charge in [-0.2, -0.15) is 20.2 Å². The predicted molar refractivity (Wildman–Crippen MR) is 71.4 cm³/mol. The zero-order valence-electron chi connectivity index (χ0n) is 9.65. The van der Waals surface area contributed by atoms with Gasteiger partial charge in [-0.25, -0.2) is 0 Å². The van der Waals surface area contributed by atoms with Gasteiger partial charge in [-0.1, -0.05) is 11.8 Å². The van der Waals surface area contributed by atoms with Crippen molar-refractivity contribution < 1.29 is 0 Å². The molecule has 0 radical (unpaired) electrons. The lowest BCUT2D eigenvalue weighted by molar-refractivity contribution is 1.01. The fourth-order valence-corrected chi connectivity index (χ4v) is 2.27. The van der Waals surface area contributed by atoms with Crippen molar-refractivity contribution in [3.05, 3.63) is 27.2 Å². The van der Waals surface area contributed by atoms with Crippen LogP contribution in [-0.4, -0.2) is 22.0 Å². The molecule has 0 aliphatic carbocycles. The van der Waals surface area contributed by atoms with Gasteiger partial charge in [-0.15, -0.1) is 0 Å². The number of hydrogen-bond acceptors (Lipinski definition) is 7. The molecule has 2 rings (SSSR count). The van der Waals surface area contributed by atoms with Crippen LogP contribution in [-0.2, 0) is 0 Å². The molecule has 1 aromatic rings. The Morgan fingerprint density at radius 2 is 2.28 bits per heavy atom. The van der Waals surface area contributed by atoms with Crippen molar-refractivity contribution in [1.29, 1.82) is 5.26 Å². The summed E-state index contributed by atoms with van der Waals surface area (Å²) in [5, 5.41) is 17.7. The summed E-state index contributed by atoms with van der Waals surface area (Å²) in [5.41, 5.74) is 1.31. The summed E-state index contributed by atoms with van der Waals surface area (Å²) in [6.45, 7) is 1.91. The Balaban J connectivity index is 2.47. The van der Waals surface area contributed by atoms with Crippen LogP contribution in [0.1, 0.15) is 12.7 Å². The SMILES string of the molecule is CNc1nc(Cl)nc(/C(C#N)=C2/NC(C)=CS2)n1. The lowest BCUT2D eigenvalue weighted by Crippen LogP contribution is -2.08. The van der Waals surface area contributed by atoms with Gasteiger partial charge in [0.1, 0.15) is 11.6 Å². The molecule has 2 N–H and O–H groups in total. The van der Waals surface area contributed by atoms with Crippen LogP contribution in [0.4, 0.5) is 5.95 Å². The Morgan fingerprint density at radius 3 is 2.83 bits per heavy atom. The van der Waals surface area contributed by atoms with E-state index in [9.17, 15) is 5.26 Å².